The third-order valence-corrected chi connectivity index (χ3v) is 4.15. The van der Waals surface area contributed by atoms with Gasteiger partial charge in [-0.15, -0.1) is 0 Å². The number of carbonyl (C=O) groups excluding carboxylic acids is 5. The SMILES string of the molecule is CCO[C@@]1(C(=O)OC)C=C[C@@H](NC(C)=O)[C@H]([C@H](OC(C)=O)[C@@H](COC(C)=O)OC(C)=O)O1. The number of carbonyl (C=O) groups is 5. The summed E-state index contributed by atoms with van der Waals surface area (Å²) in [4.78, 5) is 59.1. The van der Waals surface area contributed by atoms with Crippen LogP contribution in [0.3, 0.4) is 0 Å². The summed E-state index contributed by atoms with van der Waals surface area (Å²) in [6, 6.07) is -0.939. The first-order chi connectivity index (χ1) is 15.0. The average molecular weight is 459 g/mol. The van der Waals surface area contributed by atoms with Gasteiger partial charge in [0.1, 0.15) is 12.7 Å². The minimum atomic E-state index is -2.02. The van der Waals surface area contributed by atoms with Crippen LogP contribution >= 0.6 is 0 Å². The molecular formula is C20H29NO11. The van der Waals surface area contributed by atoms with E-state index in [0.717, 1.165) is 27.9 Å². The predicted molar refractivity (Wildman–Crippen MR) is 106 cm³/mol. The van der Waals surface area contributed by atoms with E-state index in [1.165, 1.54) is 19.1 Å². The predicted octanol–water partition coefficient (Wildman–Crippen LogP) is -0.222. The minimum Gasteiger partial charge on any atom is -0.465 e. The van der Waals surface area contributed by atoms with Crippen molar-refractivity contribution in [2.24, 2.45) is 0 Å². The minimum absolute atomic E-state index is 0.0377. The fourth-order valence-corrected chi connectivity index (χ4v) is 3.06. The van der Waals surface area contributed by atoms with Crippen LogP contribution in [0, 0.1) is 0 Å². The van der Waals surface area contributed by atoms with E-state index >= 15 is 0 Å². The molecule has 0 spiro atoms. The lowest BCUT2D eigenvalue weighted by Crippen LogP contribution is -2.62. The Balaban J connectivity index is 3.52. The third-order valence-electron chi connectivity index (χ3n) is 4.15. The molecule has 1 aliphatic heterocycles. The van der Waals surface area contributed by atoms with Crippen molar-refractivity contribution in [3.63, 3.8) is 0 Å². The van der Waals surface area contributed by atoms with E-state index in [1.54, 1.807) is 6.92 Å². The molecule has 1 N–H and O–H groups in total. The van der Waals surface area contributed by atoms with Gasteiger partial charge in [-0.05, 0) is 13.0 Å². The van der Waals surface area contributed by atoms with Gasteiger partial charge in [-0.1, -0.05) is 6.08 Å². The highest BCUT2D eigenvalue weighted by Crippen LogP contribution is 2.31. The second-order valence-corrected chi connectivity index (χ2v) is 6.78. The van der Waals surface area contributed by atoms with Crippen molar-refractivity contribution >= 4 is 29.8 Å². The van der Waals surface area contributed by atoms with Crippen molar-refractivity contribution in [1.29, 1.82) is 0 Å². The quantitative estimate of drug-likeness (QED) is 0.262. The molecule has 0 unspecified atom stereocenters. The lowest BCUT2D eigenvalue weighted by molar-refractivity contribution is -0.265. The summed E-state index contributed by atoms with van der Waals surface area (Å²) in [6.07, 6.45) is -1.38. The number of methoxy groups -OCH3 is 1. The van der Waals surface area contributed by atoms with Crippen LogP contribution in [-0.4, -0.2) is 80.2 Å². The topological polar surface area (TPSA) is 153 Å². The molecule has 1 heterocycles. The molecule has 0 aromatic carbocycles. The molecule has 0 saturated heterocycles. The zero-order valence-electron chi connectivity index (χ0n) is 18.9. The maximum Gasteiger partial charge on any atom is 0.371 e. The number of esters is 4. The number of hydrogen-bond donors (Lipinski definition) is 1. The lowest BCUT2D eigenvalue weighted by atomic mass is 9.95. The molecule has 0 saturated carbocycles. The Kier molecular flexibility index (Phi) is 10.3. The monoisotopic (exact) mass is 459 g/mol. The summed E-state index contributed by atoms with van der Waals surface area (Å²) in [5, 5.41) is 2.60. The first-order valence-corrected chi connectivity index (χ1v) is 9.80. The number of hydrogen-bond acceptors (Lipinski definition) is 11. The van der Waals surface area contributed by atoms with Gasteiger partial charge in [0.2, 0.25) is 5.91 Å². The maximum atomic E-state index is 12.5. The molecule has 0 aromatic heterocycles. The Morgan fingerprint density at radius 3 is 2.12 bits per heavy atom. The Morgan fingerprint density at radius 1 is 1.03 bits per heavy atom. The molecule has 1 amide bonds. The molecule has 1 rings (SSSR count). The first kappa shape index (κ1) is 27.0. The van der Waals surface area contributed by atoms with Crippen molar-refractivity contribution in [2.45, 2.75) is 64.8 Å². The second-order valence-electron chi connectivity index (χ2n) is 6.78. The zero-order chi connectivity index (χ0) is 24.5. The van der Waals surface area contributed by atoms with Crippen molar-refractivity contribution < 1.29 is 52.4 Å². The van der Waals surface area contributed by atoms with Crippen LogP contribution in [-0.2, 0) is 52.4 Å². The molecular weight excluding hydrogens is 430 g/mol. The van der Waals surface area contributed by atoms with Gasteiger partial charge < -0.3 is 33.7 Å². The van der Waals surface area contributed by atoms with Crippen molar-refractivity contribution in [1.82, 2.24) is 5.32 Å². The highest BCUT2D eigenvalue weighted by atomic mass is 16.7. The van der Waals surface area contributed by atoms with Gasteiger partial charge in [0.05, 0.1) is 13.2 Å². The fraction of sp³-hybridized carbons (Fsp3) is 0.650. The van der Waals surface area contributed by atoms with Crippen molar-refractivity contribution in [2.75, 3.05) is 20.3 Å². The lowest BCUT2D eigenvalue weighted by Gasteiger charge is -2.42. The van der Waals surface area contributed by atoms with Crippen LogP contribution < -0.4 is 5.32 Å². The van der Waals surface area contributed by atoms with Gasteiger partial charge in [-0.3, -0.25) is 19.2 Å². The van der Waals surface area contributed by atoms with Gasteiger partial charge in [-0.25, -0.2) is 4.79 Å². The van der Waals surface area contributed by atoms with Crippen LogP contribution in [0.4, 0.5) is 0 Å². The Labute approximate surface area is 185 Å². The molecule has 12 nitrogen and oxygen atoms in total. The Hall–Kier alpha value is -2.99. The Morgan fingerprint density at radius 2 is 1.66 bits per heavy atom. The summed E-state index contributed by atoms with van der Waals surface area (Å²) in [5.74, 6) is -5.61. The van der Waals surface area contributed by atoms with E-state index in [9.17, 15) is 24.0 Å². The molecule has 0 aromatic rings. The highest BCUT2D eigenvalue weighted by molar-refractivity contribution is 5.81. The first-order valence-electron chi connectivity index (χ1n) is 9.80. The smallest absolute Gasteiger partial charge is 0.371 e. The van der Waals surface area contributed by atoms with E-state index in [0.29, 0.717) is 0 Å². The van der Waals surface area contributed by atoms with Crippen molar-refractivity contribution in [3.8, 4) is 0 Å². The summed E-state index contributed by atoms with van der Waals surface area (Å²) in [7, 11) is 1.13. The number of amides is 1. The van der Waals surface area contributed by atoms with Crippen molar-refractivity contribution in [3.05, 3.63) is 12.2 Å². The van der Waals surface area contributed by atoms with E-state index in [4.69, 9.17) is 28.4 Å². The van der Waals surface area contributed by atoms with E-state index in [1.807, 2.05) is 0 Å². The van der Waals surface area contributed by atoms with Crippen LogP contribution in [0.5, 0.6) is 0 Å². The summed E-state index contributed by atoms with van der Waals surface area (Å²) >= 11 is 0. The van der Waals surface area contributed by atoms with Gasteiger partial charge in [0, 0.05) is 34.3 Å². The number of rotatable bonds is 10. The average Bonchev–Trinajstić information content (AvgIpc) is 2.69. The van der Waals surface area contributed by atoms with Gasteiger partial charge in [-0.2, -0.15) is 0 Å². The second kappa shape index (κ2) is 12.2. The molecule has 180 valence electrons. The normalized spacial score (nSPS) is 23.9. The molecule has 0 bridgehead atoms. The van der Waals surface area contributed by atoms with Crippen LogP contribution in [0.25, 0.3) is 0 Å². The highest BCUT2D eigenvalue weighted by Gasteiger charge is 2.51. The molecule has 0 radical (unpaired) electrons. The van der Waals surface area contributed by atoms with Crippen LogP contribution in [0.2, 0.25) is 0 Å². The molecule has 0 aliphatic carbocycles. The molecule has 5 atom stereocenters. The summed E-state index contributed by atoms with van der Waals surface area (Å²) in [6.45, 7) is 5.77. The fourth-order valence-electron chi connectivity index (χ4n) is 3.06. The van der Waals surface area contributed by atoms with Crippen LogP contribution in [0.15, 0.2) is 12.2 Å². The summed E-state index contributed by atoms with van der Waals surface area (Å²) < 4.78 is 31.7. The Bertz CT molecular complexity index is 750. The molecule has 12 heteroatoms. The number of ether oxygens (including phenoxy) is 6. The van der Waals surface area contributed by atoms with E-state index in [-0.39, 0.29) is 6.61 Å². The van der Waals surface area contributed by atoms with E-state index in [2.05, 4.69) is 5.32 Å². The largest absolute Gasteiger partial charge is 0.465 e. The summed E-state index contributed by atoms with van der Waals surface area (Å²) in [5.41, 5.74) is 0. The standard InChI is InChI=1S/C20H29NO11/c1-7-29-20(19(26)27-6)9-8-15(21-11(2)22)17(32-20)18(31-14(5)25)16(30-13(4)24)10-28-12(3)23/h8-9,15-18H,7,10H2,1-6H3,(H,21,22)/t15-,16-,17-,18-,20+/m1/s1. The van der Waals surface area contributed by atoms with Crippen LogP contribution in [0.1, 0.15) is 34.6 Å². The molecule has 32 heavy (non-hydrogen) atoms. The third kappa shape index (κ3) is 7.61. The van der Waals surface area contributed by atoms with E-state index < -0.39 is 66.5 Å². The zero-order valence-corrected chi connectivity index (χ0v) is 18.9. The van der Waals surface area contributed by atoms with Gasteiger partial charge >= 0.3 is 23.9 Å². The van der Waals surface area contributed by atoms with Gasteiger partial charge in [0.25, 0.3) is 5.79 Å². The van der Waals surface area contributed by atoms with Gasteiger partial charge in [0.15, 0.2) is 12.2 Å². The molecule has 0 fully saturated rings. The number of nitrogens with one attached hydrogen (secondary N) is 1. The molecule has 1 aliphatic rings. The maximum absolute atomic E-state index is 12.5.